The predicted molar refractivity (Wildman–Crippen MR) is 130 cm³/mol. The van der Waals surface area contributed by atoms with Crippen molar-refractivity contribution in [1.82, 2.24) is 15.4 Å². The van der Waals surface area contributed by atoms with E-state index in [0.717, 1.165) is 16.9 Å². The molecule has 1 aromatic heterocycles. The summed E-state index contributed by atoms with van der Waals surface area (Å²) in [4.78, 5) is 25.9. The number of rotatable bonds is 10. The summed E-state index contributed by atoms with van der Waals surface area (Å²) in [7, 11) is -3.75. The Morgan fingerprint density at radius 2 is 1.67 bits per heavy atom. The number of carbonyl (C=O) groups is 2. The molecule has 9 heteroatoms. The van der Waals surface area contributed by atoms with E-state index in [2.05, 4.69) is 15.4 Å². The van der Waals surface area contributed by atoms with Crippen molar-refractivity contribution in [3.05, 3.63) is 87.6 Å². The minimum atomic E-state index is -3.75. The smallest absolute Gasteiger partial charge is 0.251 e. The molecule has 33 heavy (non-hydrogen) atoms. The third-order valence-electron chi connectivity index (χ3n) is 5.06. The fraction of sp³-hybridized carbons (Fsp3) is 0.250. The Kier molecular flexibility index (Phi) is 8.37. The molecule has 1 heterocycles. The monoisotopic (exact) mass is 485 g/mol. The molecule has 3 N–H and O–H groups in total. The maximum atomic E-state index is 12.6. The lowest BCUT2D eigenvalue weighted by Gasteiger charge is -2.12. The van der Waals surface area contributed by atoms with Gasteiger partial charge in [0, 0.05) is 35.1 Å². The fourth-order valence-corrected chi connectivity index (χ4v) is 4.77. The number of nitrogens with one attached hydrogen (secondary N) is 3. The predicted octanol–water partition coefficient (Wildman–Crippen LogP) is 3.68. The number of amides is 2. The van der Waals surface area contributed by atoms with Crippen molar-refractivity contribution < 1.29 is 18.0 Å². The number of hydrogen-bond acceptors (Lipinski definition) is 5. The van der Waals surface area contributed by atoms with Crippen LogP contribution in [-0.2, 0) is 23.1 Å². The first kappa shape index (κ1) is 24.6. The third kappa shape index (κ3) is 6.98. The van der Waals surface area contributed by atoms with Crippen LogP contribution in [0.5, 0.6) is 0 Å². The largest absolute Gasteiger partial charge is 0.350 e. The van der Waals surface area contributed by atoms with Crippen LogP contribution in [0.4, 0.5) is 0 Å². The minimum absolute atomic E-state index is 0.0235. The van der Waals surface area contributed by atoms with Crippen LogP contribution >= 0.6 is 11.3 Å². The molecule has 0 spiro atoms. The van der Waals surface area contributed by atoms with Gasteiger partial charge in [-0.15, -0.1) is 11.3 Å². The Balaban J connectivity index is 1.63. The van der Waals surface area contributed by atoms with E-state index in [1.165, 1.54) is 29.5 Å². The van der Waals surface area contributed by atoms with Crippen molar-refractivity contribution in [2.24, 2.45) is 0 Å². The van der Waals surface area contributed by atoms with E-state index in [1.54, 1.807) is 24.3 Å². The van der Waals surface area contributed by atoms with Crippen molar-refractivity contribution in [2.45, 2.75) is 44.3 Å². The Hall–Kier alpha value is -3.01. The summed E-state index contributed by atoms with van der Waals surface area (Å²) >= 11 is 1.46. The summed E-state index contributed by atoms with van der Waals surface area (Å²) in [5.74, 6) is -0.565. The lowest BCUT2D eigenvalue weighted by atomic mass is 10.1. The van der Waals surface area contributed by atoms with Gasteiger partial charge in [-0.1, -0.05) is 31.2 Å². The zero-order valence-electron chi connectivity index (χ0n) is 18.5. The molecule has 1 unspecified atom stereocenters. The average molecular weight is 486 g/mol. The van der Waals surface area contributed by atoms with Crippen LogP contribution in [0.2, 0.25) is 0 Å². The summed E-state index contributed by atoms with van der Waals surface area (Å²) in [5, 5.41) is 7.57. The number of thiophene rings is 1. The molecule has 3 aromatic rings. The van der Waals surface area contributed by atoms with Gasteiger partial charge >= 0.3 is 0 Å². The van der Waals surface area contributed by atoms with Gasteiger partial charge in [-0.05, 0) is 60.7 Å². The van der Waals surface area contributed by atoms with Crippen molar-refractivity contribution in [3.8, 4) is 0 Å². The summed E-state index contributed by atoms with van der Waals surface area (Å²) in [6.45, 7) is 4.33. The van der Waals surface area contributed by atoms with E-state index < -0.39 is 15.9 Å². The SMILES string of the molecule is CCC(C)NC(=O)c1cccc(CNC(=O)c2cccc(S(=O)(=O)NCc3cccs3)c2)c1. The Morgan fingerprint density at radius 3 is 2.36 bits per heavy atom. The van der Waals surface area contributed by atoms with Gasteiger partial charge in [0.2, 0.25) is 10.0 Å². The maximum absolute atomic E-state index is 12.6. The average Bonchev–Trinajstić information content (AvgIpc) is 3.35. The van der Waals surface area contributed by atoms with Gasteiger partial charge in [0.05, 0.1) is 4.90 Å². The first-order valence-electron chi connectivity index (χ1n) is 10.6. The molecule has 2 amide bonds. The Bertz CT molecular complexity index is 1210. The Labute approximate surface area is 198 Å². The molecule has 0 radical (unpaired) electrons. The summed E-state index contributed by atoms with van der Waals surface area (Å²) in [5.41, 5.74) is 1.52. The van der Waals surface area contributed by atoms with E-state index in [1.807, 2.05) is 37.4 Å². The van der Waals surface area contributed by atoms with Crippen LogP contribution in [0.15, 0.2) is 70.9 Å². The number of sulfonamides is 1. The minimum Gasteiger partial charge on any atom is -0.350 e. The highest BCUT2D eigenvalue weighted by Crippen LogP contribution is 2.14. The molecule has 0 fully saturated rings. The molecular formula is C24H27N3O4S2. The topological polar surface area (TPSA) is 104 Å². The van der Waals surface area contributed by atoms with Crippen LogP contribution in [-0.4, -0.2) is 26.3 Å². The van der Waals surface area contributed by atoms with Crippen LogP contribution < -0.4 is 15.4 Å². The van der Waals surface area contributed by atoms with Crippen molar-refractivity contribution in [2.75, 3.05) is 0 Å². The molecule has 0 saturated carbocycles. The van der Waals surface area contributed by atoms with Crippen molar-refractivity contribution in [1.29, 1.82) is 0 Å². The van der Waals surface area contributed by atoms with Gasteiger partial charge in [-0.25, -0.2) is 13.1 Å². The second-order valence-corrected chi connectivity index (χ2v) is 10.4. The van der Waals surface area contributed by atoms with Gasteiger partial charge in [0.1, 0.15) is 0 Å². The van der Waals surface area contributed by atoms with E-state index in [9.17, 15) is 18.0 Å². The molecule has 2 aromatic carbocycles. The van der Waals surface area contributed by atoms with Crippen LogP contribution in [0, 0.1) is 0 Å². The van der Waals surface area contributed by atoms with Gasteiger partial charge < -0.3 is 10.6 Å². The summed E-state index contributed by atoms with van der Waals surface area (Å²) in [6, 6.07) is 16.7. The third-order valence-corrected chi connectivity index (χ3v) is 7.33. The van der Waals surface area contributed by atoms with Gasteiger partial charge in [-0.2, -0.15) is 0 Å². The van der Waals surface area contributed by atoms with Crippen LogP contribution in [0.25, 0.3) is 0 Å². The zero-order valence-corrected chi connectivity index (χ0v) is 20.1. The molecule has 0 aliphatic carbocycles. The summed E-state index contributed by atoms with van der Waals surface area (Å²) < 4.78 is 27.8. The van der Waals surface area contributed by atoms with Gasteiger partial charge in [0.25, 0.3) is 11.8 Å². The molecule has 1 atom stereocenters. The highest BCUT2D eigenvalue weighted by molar-refractivity contribution is 7.89. The quantitative estimate of drug-likeness (QED) is 0.407. The summed E-state index contributed by atoms with van der Waals surface area (Å²) in [6.07, 6.45) is 0.833. The van der Waals surface area contributed by atoms with Crippen LogP contribution in [0.1, 0.15) is 51.4 Å². The van der Waals surface area contributed by atoms with Crippen LogP contribution in [0.3, 0.4) is 0 Å². The van der Waals surface area contributed by atoms with Crippen molar-refractivity contribution >= 4 is 33.2 Å². The van der Waals surface area contributed by atoms with E-state index in [4.69, 9.17) is 0 Å². The molecule has 0 aliphatic rings. The standard InChI is InChI=1S/C24H27N3O4S2/c1-3-17(2)27-24(29)19-8-4-7-18(13-19)15-25-23(28)20-9-5-11-22(14-20)33(30,31)26-16-21-10-6-12-32-21/h4-14,17,26H,3,15-16H2,1-2H3,(H,25,28)(H,27,29). The van der Waals surface area contributed by atoms with E-state index in [0.29, 0.717) is 5.56 Å². The molecule has 0 saturated heterocycles. The molecule has 7 nitrogen and oxygen atoms in total. The maximum Gasteiger partial charge on any atom is 0.251 e. The lowest BCUT2D eigenvalue weighted by molar-refractivity contribution is 0.0936. The highest BCUT2D eigenvalue weighted by Gasteiger charge is 2.16. The van der Waals surface area contributed by atoms with E-state index in [-0.39, 0.29) is 35.5 Å². The first-order valence-corrected chi connectivity index (χ1v) is 12.9. The lowest BCUT2D eigenvalue weighted by Crippen LogP contribution is -2.32. The second kappa shape index (κ2) is 11.2. The number of hydrogen-bond donors (Lipinski definition) is 3. The molecule has 174 valence electrons. The first-order chi connectivity index (χ1) is 15.8. The molecule has 0 bridgehead atoms. The normalized spacial score (nSPS) is 12.2. The van der Waals surface area contributed by atoms with Gasteiger partial charge in [-0.3, -0.25) is 9.59 Å². The molecule has 3 rings (SSSR count). The molecule has 0 aliphatic heterocycles. The number of carbonyl (C=O) groups excluding carboxylic acids is 2. The zero-order chi connectivity index (χ0) is 23.8. The molecular weight excluding hydrogens is 458 g/mol. The Morgan fingerprint density at radius 1 is 0.939 bits per heavy atom. The van der Waals surface area contributed by atoms with E-state index >= 15 is 0 Å². The second-order valence-electron chi connectivity index (χ2n) is 7.60. The highest BCUT2D eigenvalue weighted by atomic mass is 32.2. The number of benzene rings is 2. The fourth-order valence-electron chi connectivity index (χ4n) is 2.98. The van der Waals surface area contributed by atoms with Crippen molar-refractivity contribution in [3.63, 3.8) is 0 Å². The van der Waals surface area contributed by atoms with Gasteiger partial charge in [0.15, 0.2) is 0 Å².